The molecule has 0 saturated carbocycles. The Bertz CT molecular complexity index is 466. The van der Waals surface area contributed by atoms with Crippen molar-refractivity contribution in [2.45, 2.75) is 18.9 Å². The van der Waals surface area contributed by atoms with Crippen molar-refractivity contribution in [3.05, 3.63) is 56.7 Å². The fourth-order valence-electron chi connectivity index (χ4n) is 2.14. The minimum absolute atomic E-state index is 0.345. The van der Waals surface area contributed by atoms with Gasteiger partial charge in [-0.05, 0) is 39.5 Å². The van der Waals surface area contributed by atoms with Gasteiger partial charge < -0.3 is 5.32 Å². The van der Waals surface area contributed by atoms with Gasteiger partial charge in [-0.3, -0.25) is 0 Å². The van der Waals surface area contributed by atoms with Crippen LogP contribution in [0.15, 0.2) is 45.6 Å². The van der Waals surface area contributed by atoms with Gasteiger partial charge in [-0.25, -0.2) is 0 Å². The predicted molar refractivity (Wildman–Crippen MR) is 78.7 cm³/mol. The molecule has 2 rings (SSSR count). The molecule has 17 heavy (non-hydrogen) atoms. The summed E-state index contributed by atoms with van der Waals surface area (Å²) in [6, 6.07) is 11.0. The summed E-state index contributed by atoms with van der Waals surface area (Å²) in [5.41, 5.74) is 2.71. The van der Waals surface area contributed by atoms with E-state index in [2.05, 4.69) is 69.3 Å². The van der Waals surface area contributed by atoms with Crippen LogP contribution in [0.25, 0.3) is 0 Å². The zero-order valence-electron chi connectivity index (χ0n) is 9.98. The summed E-state index contributed by atoms with van der Waals surface area (Å²) in [6.45, 7) is 2.26. The Kier molecular flexibility index (Phi) is 4.37. The number of rotatable bonds is 4. The number of benzene rings is 1. The largest absolute Gasteiger partial charge is 0.312 e. The molecule has 0 amide bonds. The maximum Gasteiger partial charge on any atom is 0.0404 e. The molecule has 0 aliphatic carbocycles. The molecule has 0 radical (unpaired) electrons. The molecule has 0 aliphatic rings. The first-order valence-corrected chi connectivity index (χ1v) is 7.41. The zero-order valence-corrected chi connectivity index (χ0v) is 12.4. The number of hydrogen-bond acceptors (Lipinski definition) is 2. The third-order valence-corrected chi connectivity index (χ3v) is 4.87. The van der Waals surface area contributed by atoms with Gasteiger partial charge in [0.2, 0.25) is 0 Å². The van der Waals surface area contributed by atoms with Crippen molar-refractivity contribution in [1.82, 2.24) is 5.32 Å². The fraction of sp³-hybridized carbons (Fsp3) is 0.286. The summed E-state index contributed by atoms with van der Waals surface area (Å²) in [5, 5.41) is 7.77. The number of nitrogens with one attached hydrogen (secondary N) is 1. The summed E-state index contributed by atoms with van der Waals surface area (Å²) < 4.78 is 1.20. The molecule has 0 fully saturated rings. The molecule has 2 unspecified atom stereocenters. The maximum atomic E-state index is 3.62. The van der Waals surface area contributed by atoms with E-state index >= 15 is 0 Å². The Labute approximate surface area is 115 Å². The lowest BCUT2D eigenvalue weighted by Gasteiger charge is -2.24. The van der Waals surface area contributed by atoms with Gasteiger partial charge in [-0.15, -0.1) is 0 Å². The van der Waals surface area contributed by atoms with Crippen LogP contribution >= 0.6 is 27.3 Å². The second-order valence-electron chi connectivity index (χ2n) is 4.14. The summed E-state index contributed by atoms with van der Waals surface area (Å²) >= 11 is 5.35. The molecule has 1 N–H and O–H groups in total. The molecule has 1 heterocycles. The van der Waals surface area contributed by atoms with Gasteiger partial charge in [0.15, 0.2) is 0 Å². The average Bonchev–Trinajstić information content (AvgIpc) is 2.78. The molecule has 0 bridgehead atoms. The molecule has 3 heteroatoms. The van der Waals surface area contributed by atoms with Crippen LogP contribution in [0.2, 0.25) is 0 Å². The number of thiophene rings is 1. The first-order valence-electron chi connectivity index (χ1n) is 5.68. The van der Waals surface area contributed by atoms with E-state index in [1.807, 2.05) is 7.05 Å². The van der Waals surface area contributed by atoms with Crippen molar-refractivity contribution in [2.24, 2.45) is 0 Å². The summed E-state index contributed by atoms with van der Waals surface area (Å²) in [4.78, 5) is 0. The molecule has 90 valence electrons. The quantitative estimate of drug-likeness (QED) is 0.872. The molecule has 0 aliphatic heterocycles. The van der Waals surface area contributed by atoms with Crippen molar-refractivity contribution in [1.29, 1.82) is 0 Å². The number of likely N-dealkylation sites (N-methyl/N-ethyl adjacent to an activating group) is 1. The lowest BCUT2D eigenvalue weighted by atomic mass is 9.90. The molecular weight excluding hydrogens is 294 g/mol. The number of halogens is 1. The van der Waals surface area contributed by atoms with Crippen LogP contribution in [-0.4, -0.2) is 7.05 Å². The third-order valence-electron chi connectivity index (χ3n) is 3.11. The molecule has 0 saturated heterocycles. The Morgan fingerprint density at radius 3 is 2.41 bits per heavy atom. The van der Waals surface area contributed by atoms with E-state index in [0.29, 0.717) is 12.0 Å². The first-order chi connectivity index (χ1) is 8.24. The topological polar surface area (TPSA) is 12.0 Å². The van der Waals surface area contributed by atoms with E-state index in [1.165, 1.54) is 15.6 Å². The maximum absolute atomic E-state index is 3.62. The van der Waals surface area contributed by atoms with E-state index < -0.39 is 0 Å². The predicted octanol–water partition coefficient (Wildman–Crippen LogP) is 4.57. The minimum atomic E-state index is 0.345. The van der Waals surface area contributed by atoms with Gasteiger partial charge in [-0.2, -0.15) is 11.3 Å². The molecule has 2 aromatic rings. The van der Waals surface area contributed by atoms with Crippen LogP contribution in [-0.2, 0) is 0 Å². The molecule has 1 aromatic heterocycles. The first kappa shape index (κ1) is 12.8. The molecule has 1 nitrogen and oxygen atoms in total. The highest BCUT2D eigenvalue weighted by molar-refractivity contribution is 9.10. The Hall–Kier alpha value is -0.640. The molecular formula is C14H16BrNS. The average molecular weight is 310 g/mol. The third kappa shape index (κ3) is 2.79. The van der Waals surface area contributed by atoms with Gasteiger partial charge in [-0.1, -0.05) is 37.3 Å². The van der Waals surface area contributed by atoms with Crippen LogP contribution in [0, 0.1) is 0 Å². The summed E-state index contributed by atoms with van der Waals surface area (Å²) in [7, 11) is 2.02. The van der Waals surface area contributed by atoms with Crippen molar-refractivity contribution in [3.8, 4) is 0 Å². The SMILES string of the molecule is CNC(c1cscc1Br)C(C)c1ccccc1. The van der Waals surface area contributed by atoms with Crippen molar-refractivity contribution in [2.75, 3.05) is 7.05 Å². The highest BCUT2D eigenvalue weighted by Gasteiger charge is 2.21. The lowest BCUT2D eigenvalue weighted by molar-refractivity contribution is 0.507. The lowest BCUT2D eigenvalue weighted by Crippen LogP contribution is -2.22. The van der Waals surface area contributed by atoms with Crippen LogP contribution in [0.1, 0.15) is 30.0 Å². The van der Waals surface area contributed by atoms with Crippen LogP contribution in [0.3, 0.4) is 0 Å². The standard InChI is InChI=1S/C14H16BrNS/c1-10(11-6-4-3-5-7-11)14(16-2)12-8-17-9-13(12)15/h3-10,14,16H,1-2H3. The van der Waals surface area contributed by atoms with Gasteiger partial charge in [0.1, 0.15) is 0 Å². The summed E-state index contributed by atoms with van der Waals surface area (Å²) in [6.07, 6.45) is 0. The van der Waals surface area contributed by atoms with Crippen LogP contribution in [0.5, 0.6) is 0 Å². The zero-order chi connectivity index (χ0) is 12.3. The highest BCUT2D eigenvalue weighted by atomic mass is 79.9. The van der Waals surface area contributed by atoms with Gasteiger partial charge in [0, 0.05) is 21.8 Å². The van der Waals surface area contributed by atoms with E-state index in [4.69, 9.17) is 0 Å². The molecule has 2 atom stereocenters. The monoisotopic (exact) mass is 309 g/mol. The molecule has 1 aromatic carbocycles. The summed E-state index contributed by atoms with van der Waals surface area (Å²) in [5.74, 6) is 0.451. The Balaban J connectivity index is 2.28. The highest BCUT2D eigenvalue weighted by Crippen LogP contribution is 2.35. The van der Waals surface area contributed by atoms with Gasteiger partial charge in [0.05, 0.1) is 0 Å². The van der Waals surface area contributed by atoms with E-state index in [9.17, 15) is 0 Å². The van der Waals surface area contributed by atoms with Crippen molar-refractivity contribution in [3.63, 3.8) is 0 Å². The Morgan fingerprint density at radius 1 is 1.18 bits per heavy atom. The molecule has 0 spiro atoms. The van der Waals surface area contributed by atoms with E-state index in [0.717, 1.165) is 0 Å². The smallest absolute Gasteiger partial charge is 0.0404 e. The van der Waals surface area contributed by atoms with Gasteiger partial charge >= 0.3 is 0 Å². The second kappa shape index (κ2) is 5.80. The van der Waals surface area contributed by atoms with Crippen LogP contribution in [0.4, 0.5) is 0 Å². The number of hydrogen-bond donors (Lipinski definition) is 1. The van der Waals surface area contributed by atoms with Crippen molar-refractivity contribution < 1.29 is 0 Å². The van der Waals surface area contributed by atoms with Crippen LogP contribution < -0.4 is 5.32 Å². The van der Waals surface area contributed by atoms with Crippen molar-refractivity contribution >= 4 is 27.3 Å². The minimum Gasteiger partial charge on any atom is -0.312 e. The fourth-order valence-corrected chi connectivity index (χ4v) is 3.72. The Morgan fingerprint density at radius 2 is 1.88 bits per heavy atom. The van der Waals surface area contributed by atoms with Gasteiger partial charge in [0.25, 0.3) is 0 Å². The second-order valence-corrected chi connectivity index (χ2v) is 5.74. The van der Waals surface area contributed by atoms with E-state index in [1.54, 1.807) is 11.3 Å². The normalized spacial score (nSPS) is 14.5. The van der Waals surface area contributed by atoms with E-state index in [-0.39, 0.29) is 0 Å².